The molecule has 0 amide bonds. The fraction of sp³-hybridized carbons (Fsp3) is 0.0435. The van der Waals surface area contributed by atoms with Crippen LogP contribution in [0.5, 0.6) is 0 Å². The van der Waals surface area contributed by atoms with Gasteiger partial charge in [0.25, 0.3) is 0 Å². The third-order valence-electron chi connectivity index (χ3n) is 8.12. The van der Waals surface area contributed by atoms with Gasteiger partial charge in [-0.15, -0.1) is 0 Å². The van der Waals surface area contributed by atoms with Crippen LogP contribution in [-0.2, 0) is 17.1 Å². The van der Waals surface area contributed by atoms with E-state index in [0.717, 1.165) is 0 Å². The Morgan fingerprint density at radius 1 is 0.245 bits per heavy atom. The molecule has 2 heterocycles. The molecule has 0 aromatic heterocycles. The van der Waals surface area contributed by atoms with Gasteiger partial charge in [0.1, 0.15) is 0 Å². The maximum Gasteiger partial charge on any atom is 2.00 e. The van der Waals surface area contributed by atoms with E-state index < -0.39 is 0 Å². The molecule has 0 saturated heterocycles. The number of allylic oxidation sites excluding steroid dienone is 4. The van der Waals surface area contributed by atoms with Crippen molar-refractivity contribution in [3.63, 3.8) is 0 Å². The Labute approximate surface area is 319 Å². The van der Waals surface area contributed by atoms with E-state index in [-0.39, 0.29) is 32.9 Å². The van der Waals surface area contributed by atoms with E-state index in [1.165, 1.54) is 36.0 Å². The van der Waals surface area contributed by atoms with Gasteiger partial charge < -0.3 is 0 Å². The second-order valence-electron chi connectivity index (χ2n) is 11.3. The second kappa shape index (κ2) is 23.6. The van der Waals surface area contributed by atoms with E-state index in [0.29, 0.717) is 0 Å². The first-order valence-electron chi connectivity index (χ1n) is 16.5. The Bertz CT molecular complexity index is 742. The first kappa shape index (κ1) is 41.0. The maximum atomic E-state index is 2.36. The van der Waals surface area contributed by atoms with Crippen molar-refractivity contribution < 1.29 is 17.1 Å². The summed E-state index contributed by atoms with van der Waals surface area (Å²) in [5, 5.41) is 0. The standard InChI is InChI=1S/C26H20P2.4C5H5.Fe/c1-5-19-13-14-20-6-2-10-24(20)27(23(19)9-1)17-18-28-25-11-3-7-21(25)15-16-22-8-4-12-26(22)28;4*1-2-4-5-3-1;/h1-16H,17-18H2;4*1-5H;/q;;;;;+2. The minimum Gasteiger partial charge on any atom is -0.0892 e. The molecule has 0 aromatic rings. The largest absolute Gasteiger partial charge is 2.00 e. The Hall–Kier alpha value is 0.859. The SMILES string of the molecule is [CH]1[CH][CH][CH][CH]1.[CH]1[CH][CH][CH][CH]1.[CH]1[CH][CH][CH][CH]1.[CH]1[CH][CH][CH][CH]1.[CH]1[CH][C]2C=C[C]3[CH][CH][CH][C]3P(CCP3[C]4[CH][CH][CH][C]4C=C[C]4[CH][CH][CH][C]43)[C]2[CH]1.[Fe+2]. The third kappa shape index (κ3) is 12.7. The van der Waals surface area contributed by atoms with Crippen LogP contribution in [-0.4, -0.2) is 12.3 Å². The Kier molecular flexibility index (Phi) is 19.8. The molecule has 8 aliphatic carbocycles. The van der Waals surface area contributed by atoms with Crippen LogP contribution in [0.2, 0.25) is 0 Å². The molecular weight excluding hydrogens is 670 g/mol. The van der Waals surface area contributed by atoms with E-state index >= 15 is 0 Å². The van der Waals surface area contributed by atoms with E-state index in [2.05, 4.69) is 101 Å². The first-order valence-corrected chi connectivity index (χ1v) is 19.5. The Balaban J connectivity index is 0.000000179. The summed E-state index contributed by atoms with van der Waals surface area (Å²) in [6.07, 6.45) is 79.2. The molecule has 8 fully saturated rings. The van der Waals surface area contributed by atoms with Crippen molar-refractivity contribution in [3.05, 3.63) is 276 Å². The number of hydrogen-bond acceptors (Lipinski definition) is 0. The van der Waals surface area contributed by atoms with Crippen LogP contribution in [0.25, 0.3) is 0 Å². The fourth-order valence-corrected chi connectivity index (χ4v) is 11.8. The normalized spacial score (nSPS) is 28.5. The summed E-state index contributed by atoms with van der Waals surface area (Å²) >= 11 is 0. The van der Waals surface area contributed by atoms with E-state index in [1.54, 1.807) is 22.6 Å². The molecule has 8 saturated carbocycles. The van der Waals surface area contributed by atoms with Crippen LogP contribution in [0, 0.1) is 252 Å². The van der Waals surface area contributed by atoms with Crippen LogP contribution >= 0.6 is 15.8 Å². The van der Waals surface area contributed by atoms with Crippen molar-refractivity contribution in [2.45, 2.75) is 0 Å². The zero-order valence-electron chi connectivity index (χ0n) is 27.4. The smallest absolute Gasteiger partial charge is 0.0892 e. The number of rotatable bonds is 3. The van der Waals surface area contributed by atoms with Crippen molar-refractivity contribution >= 4 is 15.8 Å². The molecule has 49 heavy (non-hydrogen) atoms. The number of hydrogen-bond donors (Lipinski definition) is 0. The van der Waals surface area contributed by atoms with Crippen LogP contribution < -0.4 is 0 Å². The summed E-state index contributed by atoms with van der Waals surface area (Å²) in [7, 11) is -0.612. The molecule has 3 heteroatoms. The molecule has 10 aliphatic rings. The minimum absolute atomic E-state index is 0. The summed E-state index contributed by atoms with van der Waals surface area (Å²) in [5.74, 6) is 5.67. The van der Waals surface area contributed by atoms with Gasteiger partial charge in [-0.05, 0) is 218 Å². The first-order chi connectivity index (χ1) is 23.9. The minimum atomic E-state index is -0.306. The van der Waals surface area contributed by atoms with Gasteiger partial charge >= 0.3 is 17.1 Å². The van der Waals surface area contributed by atoms with Crippen molar-refractivity contribution in [3.8, 4) is 0 Å². The van der Waals surface area contributed by atoms with Crippen molar-refractivity contribution in [1.82, 2.24) is 0 Å². The fourth-order valence-electron chi connectivity index (χ4n) is 5.83. The molecule has 0 bridgehead atoms. The van der Waals surface area contributed by atoms with Crippen molar-refractivity contribution in [2.75, 3.05) is 12.3 Å². The van der Waals surface area contributed by atoms with Gasteiger partial charge in [0.2, 0.25) is 0 Å². The van der Waals surface area contributed by atoms with Crippen LogP contribution in [0.4, 0.5) is 0 Å². The summed E-state index contributed by atoms with van der Waals surface area (Å²) < 4.78 is 0. The number of fused-ring (bicyclic) bond motifs is 4. The van der Waals surface area contributed by atoms with Crippen molar-refractivity contribution in [2.24, 2.45) is 0 Å². The molecule has 0 aromatic carbocycles. The van der Waals surface area contributed by atoms with Gasteiger partial charge in [0, 0.05) is 46.3 Å². The third-order valence-corrected chi connectivity index (χ3v) is 13.8. The van der Waals surface area contributed by atoms with Gasteiger partial charge in [0.15, 0.2) is 0 Å². The van der Waals surface area contributed by atoms with E-state index in [4.69, 9.17) is 0 Å². The van der Waals surface area contributed by atoms with Gasteiger partial charge in [-0.3, -0.25) is 0 Å². The van der Waals surface area contributed by atoms with Crippen LogP contribution in [0.1, 0.15) is 0 Å². The molecule has 0 atom stereocenters. The summed E-state index contributed by atoms with van der Waals surface area (Å²) in [5.41, 5.74) is 6.24. The Morgan fingerprint density at radius 3 is 0.612 bits per heavy atom. The molecule has 0 spiro atoms. The average Bonchev–Trinajstić information content (AvgIpc) is 4.00. The summed E-state index contributed by atoms with van der Waals surface area (Å²) in [6.45, 7) is 0. The maximum absolute atomic E-state index is 2.36. The molecule has 40 radical (unpaired) electrons. The average molecular weight is 711 g/mol. The molecule has 240 valence electrons. The summed E-state index contributed by atoms with van der Waals surface area (Å²) in [6, 6.07) is 0. The zero-order valence-corrected chi connectivity index (χ0v) is 30.3. The second-order valence-corrected chi connectivity index (χ2v) is 15.8. The predicted molar refractivity (Wildman–Crippen MR) is 205 cm³/mol. The van der Waals surface area contributed by atoms with Gasteiger partial charge in [-0.25, -0.2) is 0 Å². The quantitative estimate of drug-likeness (QED) is 0.202. The van der Waals surface area contributed by atoms with Crippen LogP contribution in [0.15, 0.2) is 24.3 Å². The molecular formula is C46H40FeP2+2. The predicted octanol–water partition coefficient (Wildman–Crippen LogP) is 10.1. The molecule has 0 nitrogen and oxygen atoms in total. The molecule has 0 unspecified atom stereocenters. The molecule has 10 rings (SSSR count). The zero-order chi connectivity index (χ0) is 32.6. The summed E-state index contributed by atoms with van der Waals surface area (Å²) in [4.78, 5) is 0. The van der Waals surface area contributed by atoms with Gasteiger partial charge in [-0.1, -0.05) is 40.1 Å². The van der Waals surface area contributed by atoms with E-state index in [9.17, 15) is 0 Å². The molecule has 2 aliphatic heterocycles. The van der Waals surface area contributed by atoms with E-state index in [1.807, 2.05) is 128 Å². The van der Waals surface area contributed by atoms with Gasteiger partial charge in [-0.2, -0.15) is 0 Å². The monoisotopic (exact) mass is 710 g/mol. The molecule has 0 N–H and O–H groups in total. The van der Waals surface area contributed by atoms with Gasteiger partial charge in [0.05, 0.1) is 0 Å². The van der Waals surface area contributed by atoms with Crippen LogP contribution in [0.3, 0.4) is 0 Å². The van der Waals surface area contributed by atoms with Crippen molar-refractivity contribution in [1.29, 1.82) is 0 Å². The Morgan fingerprint density at radius 2 is 0.429 bits per heavy atom. The topological polar surface area (TPSA) is 0 Å².